The molecule has 0 spiro atoms. The molecule has 1 aromatic heterocycles. The summed E-state index contributed by atoms with van der Waals surface area (Å²) in [6, 6.07) is 5.53. The number of methoxy groups -OCH3 is 1. The highest BCUT2D eigenvalue weighted by atomic mass is 35.5. The molecule has 18 heavy (non-hydrogen) atoms. The fourth-order valence-corrected chi connectivity index (χ4v) is 2.54. The first kappa shape index (κ1) is 13.0. The van der Waals surface area contributed by atoms with Crippen LogP contribution in [0.25, 0.3) is 0 Å². The van der Waals surface area contributed by atoms with Crippen molar-refractivity contribution in [3.63, 3.8) is 0 Å². The Kier molecular flexibility index (Phi) is 3.98. The molecule has 0 saturated carbocycles. The van der Waals surface area contributed by atoms with Gasteiger partial charge in [-0.1, -0.05) is 23.4 Å². The molecule has 0 saturated heterocycles. The smallest absolute Gasteiger partial charge is 0.222 e. The summed E-state index contributed by atoms with van der Waals surface area (Å²) >= 11 is 7.50. The zero-order chi connectivity index (χ0) is 13.1. The number of thioether (sulfide) groups is 1. The topological polar surface area (TPSA) is 66.0 Å². The monoisotopic (exact) mass is 284 g/mol. The molecule has 1 aromatic carbocycles. The van der Waals surface area contributed by atoms with Gasteiger partial charge in [0.1, 0.15) is 5.75 Å². The van der Waals surface area contributed by atoms with Crippen LogP contribution in [0.1, 0.15) is 5.56 Å². The van der Waals surface area contributed by atoms with E-state index in [2.05, 4.69) is 10.2 Å². The minimum Gasteiger partial charge on any atom is -0.496 e. The van der Waals surface area contributed by atoms with Crippen molar-refractivity contribution in [2.24, 2.45) is 7.05 Å². The molecule has 0 aliphatic rings. The van der Waals surface area contributed by atoms with Crippen LogP contribution in [0.5, 0.6) is 5.75 Å². The average Bonchev–Trinajstić information content (AvgIpc) is 2.68. The van der Waals surface area contributed by atoms with Gasteiger partial charge in [0.15, 0.2) is 5.16 Å². The molecule has 2 aromatic rings. The van der Waals surface area contributed by atoms with Crippen molar-refractivity contribution in [2.45, 2.75) is 10.9 Å². The minimum absolute atomic E-state index is 0.399. The van der Waals surface area contributed by atoms with E-state index in [1.807, 2.05) is 19.2 Å². The van der Waals surface area contributed by atoms with Gasteiger partial charge in [0.2, 0.25) is 5.95 Å². The lowest BCUT2D eigenvalue weighted by Gasteiger charge is -2.08. The van der Waals surface area contributed by atoms with Crippen molar-refractivity contribution in [2.75, 3.05) is 12.8 Å². The number of halogens is 1. The number of nitrogens with zero attached hydrogens (tertiary/aromatic N) is 3. The molecular weight excluding hydrogens is 272 g/mol. The molecule has 0 fully saturated rings. The first-order valence-electron chi connectivity index (χ1n) is 5.22. The molecule has 2 N–H and O–H groups in total. The van der Waals surface area contributed by atoms with Gasteiger partial charge < -0.3 is 10.5 Å². The molecule has 2 rings (SSSR count). The van der Waals surface area contributed by atoms with E-state index in [0.717, 1.165) is 16.5 Å². The van der Waals surface area contributed by atoms with Crippen molar-refractivity contribution in [3.05, 3.63) is 28.8 Å². The number of nitrogens with two attached hydrogens (primary N) is 1. The third-order valence-electron chi connectivity index (χ3n) is 2.47. The molecule has 96 valence electrons. The van der Waals surface area contributed by atoms with E-state index in [-0.39, 0.29) is 0 Å². The molecule has 0 radical (unpaired) electrons. The standard InChI is InChI=1S/C11H13ClN4OS/c1-16-10(13)14-15-11(16)18-6-7-5-8(12)3-4-9(7)17-2/h3-5H,6H2,1-2H3,(H2,13,14). The maximum atomic E-state index is 5.97. The normalized spacial score (nSPS) is 10.6. The summed E-state index contributed by atoms with van der Waals surface area (Å²) in [5.41, 5.74) is 6.63. The highest BCUT2D eigenvalue weighted by molar-refractivity contribution is 7.98. The molecule has 1 heterocycles. The first-order valence-corrected chi connectivity index (χ1v) is 6.58. The van der Waals surface area contributed by atoms with E-state index < -0.39 is 0 Å². The SMILES string of the molecule is COc1ccc(Cl)cc1CSc1nnc(N)n1C. The van der Waals surface area contributed by atoms with E-state index in [0.29, 0.717) is 16.7 Å². The second kappa shape index (κ2) is 5.49. The summed E-state index contributed by atoms with van der Waals surface area (Å²) in [5.74, 6) is 1.90. The average molecular weight is 285 g/mol. The van der Waals surface area contributed by atoms with Crippen LogP contribution in [-0.2, 0) is 12.8 Å². The van der Waals surface area contributed by atoms with Gasteiger partial charge in [-0.25, -0.2) is 0 Å². The van der Waals surface area contributed by atoms with Crippen LogP contribution in [0.4, 0.5) is 5.95 Å². The van der Waals surface area contributed by atoms with Crippen molar-refractivity contribution >= 4 is 29.3 Å². The number of anilines is 1. The maximum Gasteiger partial charge on any atom is 0.222 e. The van der Waals surface area contributed by atoms with Gasteiger partial charge in [0.25, 0.3) is 0 Å². The summed E-state index contributed by atoms with van der Waals surface area (Å²) < 4.78 is 7.02. The maximum absolute atomic E-state index is 5.97. The molecule has 7 heteroatoms. The van der Waals surface area contributed by atoms with Crippen LogP contribution < -0.4 is 10.5 Å². The molecule has 0 amide bonds. The second-order valence-corrected chi connectivity index (χ2v) is 5.02. The predicted octanol–water partition coefficient (Wildman–Crippen LogP) is 2.35. The third-order valence-corrected chi connectivity index (χ3v) is 3.77. The van der Waals surface area contributed by atoms with Crippen LogP contribution in [0.3, 0.4) is 0 Å². The molecular formula is C11H13ClN4OS. The number of nitrogen functional groups attached to an aromatic ring is 1. The predicted molar refractivity (Wildman–Crippen MR) is 73.0 cm³/mol. The summed E-state index contributed by atoms with van der Waals surface area (Å²) in [6.45, 7) is 0. The van der Waals surface area contributed by atoms with E-state index in [9.17, 15) is 0 Å². The number of aromatic nitrogens is 3. The van der Waals surface area contributed by atoms with Gasteiger partial charge in [-0.3, -0.25) is 4.57 Å². The fourth-order valence-electron chi connectivity index (χ4n) is 1.45. The van der Waals surface area contributed by atoms with Gasteiger partial charge in [0.05, 0.1) is 7.11 Å². The Morgan fingerprint density at radius 3 is 2.83 bits per heavy atom. The van der Waals surface area contributed by atoms with Gasteiger partial charge in [-0.2, -0.15) is 0 Å². The lowest BCUT2D eigenvalue weighted by molar-refractivity contribution is 0.411. The van der Waals surface area contributed by atoms with Crippen LogP contribution in [0.2, 0.25) is 5.02 Å². The molecule has 0 aliphatic carbocycles. The van der Waals surface area contributed by atoms with Crippen molar-refractivity contribution in [1.29, 1.82) is 0 Å². The zero-order valence-electron chi connectivity index (χ0n) is 10.1. The Morgan fingerprint density at radius 2 is 2.22 bits per heavy atom. The van der Waals surface area contributed by atoms with Crippen molar-refractivity contribution in [3.8, 4) is 5.75 Å². The van der Waals surface area contributed by atoms with Crippen LogP contribution >= 0.6 is 23.4 Å². The van der Waals surface area contributed by atoms with Crippen LogP contribution in [0, 0.1) is 0 Å². The van der Waals surface area contributed by atoms with E-state index in [1.54, 1.807) is 17.7 Å². The summed E-state index contributed by atoms with van der Waals surface area (Å²) in [6.07, 6.45) is 0. The summed E-state index contributed by atoms with van der Waals surface area (Å²) in [5, 5.41) is 9.23. The first-order chi connectivity index (χ1) is 8.61. The van der Waals surface area contributed by atoms with Crippen LogP contribution in [0.15, 0.2) is 23.4 Å². The minimum atomic E-state index is 0.399. The van der Waals surface area contributed by atoms with Crippen LogP contribution in [-0.4, -0.2) is 21.9 Å². The summed E-state index contributed by atoms with van der Waals surface area (Å²) in [7, 11) is 3.46. The molecule has 0 unspecified atom stereocenters. The fraction of sp³-hybridized carbons (Fsp3) is 0.273. The van der Waals surface area contributed by atoms with E-state index in [1.165, 1.54) is 11.8 Å². The van der Waals surface area contributed by atoms with E-state index >= 15 is 0 Å². The lowest BCUT2D eigenvalue weighted by Crippen LogP contribution is -1.98. The Bertz CT molecular complexity index is 558. The largest absolute Gasteiger partial charge is 0.496 e. The number of ether oxygens (including phenoxy) is 1. The number of benzene rings is 1. The quantitative estimate of drug-likeness (QED) is 0.873. The Morgan fingerprint density at radius 1 is 1.44 bits per heavy atom. The number of rotatable bonds is 4. The van der Waals surface area contributed by atoms with Crippen molar-refractivity contribution in [1.82, 2.24) is 14.8 Å². The van der Waals surface area contributed by atoms with Gasteiger partial charge in [0, 0.05) is 23.4 Å². The number of hydrogen-bond donors (Lipinski definition) is 1. The van der Waals surface area contributed by atoms with E-state index in [4.69, 9.17) is 22.1 Å². The molecule has 0 aliphatic heterocycles. The Hall–Kier alpha value is -1.40. The third kappa shape index (κ3) is 2.70. The highest BCUT2D eigenvalue weighted by Gasteiger charge is 2.09. The Labute approximate surface area is 114 Å². The van der Waals surface area contributed by atoms with Gasteiger partial charge >= 0.3 is 0 Å². The molecule has 0 bridgehead atoms. The second-order valence-electron chi connectivity index (χ2n) is 3.64. The van der Waals surface area contributed by atoms with Gasteiger partial charge in [-0.15, -0.1) is 10.2 Å². The lowest BCUT2D eigenvalue weighted by atomic mass is 10.2. The van der Waals surface area contributed by atoms with Crippen molar-refractivity contribution < 1.29 is 4.74 Å². The zero-order valence-corrected chi connectivity index (χ0v) is 11.6. The molecule has 0 atom stereocenters. The van der Waals surface area contributed by atoms with Gasteiger partial charge in [-0.05, 0) is 18.2 Å². The summed E-state index contributed by atoms with van der Waals surface area (Å²) in [4.78, 5) is 0. The number of hydrogen-bond acceptors (Lipinski definition) is 5. The highest BCUT2D eigenvalue weighted by Crippen LogP contribution is 2.29. The molecule has 5 nitrogen and oxygen atoms in total. The Balaban J connectivity index is 2.15.